The number of benzene rings is 1. The van der Waals surface area contributed by atoms with Crippen molar-refractivity contribution in [1.82, 2.24) is 34.4 Å². The maximum atomic E-state index is 13.8. The fourth-order valence-electron chi connectivity index (χ4n) is 5.76. The minimum absolute atomic E-state index is 0.0540. The van der Waals surface area contributed by atoms with Crippen LogP contribution in [0.25, 0.3) is 11.3 Å². The van der Waals surface area contributed by atoms with Gasteiger partial charge in [0.2, 0.25) is 0 Å². The highest BCUT2D eigenvalue weighted by atomic mass is 35.5. The lowest BCUT2D eigenvalue weighted by Gasteiger charge is -2.38. The highest BCUT2D eigenvalue weighted by molar-refractivity contribution is 6.34. The number of nitrogens with one attached hydrogen (secondary N) is 2. The summed E-state index contributed by atoms with van der Waals surface area (Å²) in [6.45, 7) is 0.901. The molecule has 18 heteroatoms. The normalized spacial score (nSPS) is 22.1. The number of alkyl halides is 5. The van der Waals surface area contributed by atoms with E-state index in [0.29, 0.717) is 26.2 Å². The lowest BCUT2D eigenvalue weighted by atomic mass is 9.88. The van der Waals surface area contributed by atoms with Crippen LogP contribution in [-0.4, -0.2) is 91.2 Å². The molecule has 0 bridgehead atoms. The molecule has 47 heavy (non-hydrogen) atoms. The summed E-state index contributed by atoms with van der Waals surface area (Å²) in [5.74, 6) is -5.40. The largest absolute Gasteiger partial charge is 0.435 e. The SMILES string of the molecule is Cn1c(-c2cn(CC3CC3(F)F)nc2C(F)(F)F)cnc1C(=O)Nc1ccc(C(=O)N2CCN(C(=O)NC3CC(N)C3)CC2)c(Cl)c1. The summed E-state index contributed by atoms with van der Waals surface area (Å²) in [7, 11) is 1.34. The molecule has 2 saturated carbocycles. The first kappa shape index (κ1) is 32.7. The molecule has 1 aliphatic heterocycles. The summed E-state index contributed by atoms with van der Waals surface area (Å²) in [5, 5.41) is 9.07. The maximum Gasteiger partial charge on any atom is 0.435 e. The maximum absolute atomic E-state index is 13.8. The molecule has 0 radical (unpaired) electrons. The fourth-order valence-corrected chi connectivity index (χ4v) is 6.02. The van der Waals surface area contributed by atoms with Crippen LogP contribution in [0.1, 0.15) is 45.9 Å². The number of amides is 4. The Morgan fingerprint density at radius 2 is 1.77 bits per heavy atom. The fraction of sp³-hybridized carbons (Fsp3) is 0.483. The van der Waals surface area contributed by atoms with Gasteiger partial charge in [-0.3, -0.25) is 14.3 Å². The molecule has 252 valence electrons. The van der Waals surface area contributed by atoms with Crippen LogP contribution in [0.4, 0.5) is 32.4 Å². The molecule has 3 aliphatic rings. The molecule has 3 aromatic rings. The number of piperazine rings is 1. The molecular formula is C29H31ClF5N9O3. The number of nitrogens with zero attached hydrogens (tertiary/aromatic N) is 6. The van der Waals surface area contributed by atoms with Gasteiger partial charge < -0.3 is 30.7 Å². The third-order valence-electron chi connectivity index (χ3n) is 8.67. The number of carbonyl (C=O) groups excluding carboxylic acids is 3. The van der Waals surface area contributed by atoms with Crippen LogP contribution in [0.3, 0.4) is 0 Å². The van der Waals surface area contributed by atoms with Gasteiger partial charge in [-0.15, -0.1) is 0 Å². The van der Waals surface area contributed by atoms with Gasteiger partial charge in [0.15, 0.2) is 11.5 Å². The molecule has 1 aromatic carbocycles. The predicted molar refractivity (Wildman–Crippen MR) is 159 cm³/mol. The number of halogens is 6. The van der Waals surface area contributed by atoms with Crippen LogP contribution in [0.5, 0.6) is 0 Å². The minimum atomic E-state index is -4.89. The molecule has 3 fully saturated rings. The molecule has 6 rings (SSSR count). The number of aromatic nitrogens is 4. The highest BCUT2D eigenvalue weighted by Gasteiger charge is 2.57. The van der Waals surface area contributed by atoms with Crippen molar-refractivity contribution >= 4 is 35.1 Å². The summed E-state index contributed by atoms with van der Waals surface area (Å²) in [5.41, 5.74) is 4.36. The Balaban J connectivity index is 1.09. The number of carbonyl (C=O) groups is 3. The van der Waals surface area contributed by atoms with Crippen molar-refractivity contribution < 1.29 is 36.3 Å². The van der Waals surface area contributed by atoms with Crippen molar-refractivity contribution in [2.45, 2.75) is 50.0 Å². The first-order valence-electron chi connectivity index (χ1n) is 14.9. The van der Waals surface area contributed by atoms with Crippen LogP contribution in [0.2, 0.25) is 5.02 Å². The molecule has 3 heterocycles. The van der Waals surface area contributed by atoms with Crippen LogP contribution in [0, 0.1) is 5.92 Å². The van der Waals surface area contributed by atoms with Gasteiger partial charge in [0.25, 0.3) is 17.7 Å². The Labute approximate surface area is 270 Å². The Kier molecular flexibility index (Phi) is 8.40. The zero-order valence-electron chi connectivity index (χ0n) is 25.0. The van der Waals surface area contributed by atoms with E-state index >= 15 is 0 Å². The minimum Gasteiger partial charge on any atom is -0.335 e. The number of imidazole rings is 1. The molecular weight excluding hydrogens is 653 g/mol. The summed E-state index contributed by atoms with van der Waals surface area (Å²) in [6.07, 6.45) is -1.74. The van der Waals surface area contributed by atoms with Crippen LogP contribution < -0.4 is 16.4 Å². The van der Waals surface area contributed by atoms with E-state index in [0.717, 1.165) is 34.5 Å². The second-order valence-electron chi connectivity index (χ2n) is 12.1. The summed E-state index contributed by atoms with van der Waals surface area (Å²) in [4.78, 5) is 45.9. The van der Waals surface area contributed by atoms with Crippen molar-refractivity contribution in [2.75, 3.05) is 31.5 Å². The first-order chi connectivity index (χ1) is 22.1. The number of nitrogens with two attached hydrogens (primary N) is 1. The first-order valence-corrected chi connectivity index (χ1v) is 15.2. The summed E-state index contributed by atoms with van der Waals surface area (Å²) >= 11 is 6.41. The van der Waals surface area contributed by atoms with Gasteiger partial charge in [-0.2, -0.15) is 18.3 Å². The number of hydrogen-bond acceptors (Lipinski definition) is 6. The number of hydrogen-bond donors (Lipinski definition) is 3. The summed E-state index contributed by atoms with van der Waals surface area (Å²) < 4.78 is 70.1. The van der Waals surface area contributed by atoms with E-state index < -0.39 is 41.6 Å². The van der Waals surface area contributed by atoms with Crippen molar-refractivity contribution in [2.24, 2.45) is 18.7 Å². The number of rotatable bonds is 7. The van der Waals surface area contributed by atoms with Crippen LogP contribution >= 0.6 is 11.6 Å². The van der Waals surface area contributed by atoms with Gasteiger partial charge in [-0.25, -0.2) is 18.6 Å². The van der Waals surface area contributed by atoms with Gasteiger partial charge in [-0.1, -0.05) is 11.6 Å². The average Bonchev–Trinajstić information content (AvgIpc) is 3.27. The molecule has 1 atom stereocenters. The topological polar surface area (TPSA) is 143 Å². The summed E-state index contributed by atoms with van der Waals surface area (Å²) in [6, 6.07) is 4.24. The van der Waals surface area contributed by atoms with Gasteiger partial charge in [0.05, 0.1) is 28.0 Å². The molecule has 1 unspecified atom stereocenters. The van der Waals surface area contributed by atoms with Crippen LogP contribution in [0.15, 0.2) is 30.6 Å². The van der Waals surface area contributed by atoms with Crippen molar-refractivity contribution in [3.8, 4) is 11.3 Å². The smallest absolute Gasteiger partial charge is 0.335 e. The van der Waals surface area contributed by atoms with Crippen molar-refractivity contribution in [3.63, 3.8) is 0 Å². The van der Waals surface area contributed by atoms with Gasteiger partial charge in [0.1, 0.15) is 0 Å². The molecule has 2 aliphatic carbocycles. The van der Waals surface area contributed by atoms with E-state index in [1.807, 2.05) is 0 Å². The van der Waals surface area contributed by atoms with E-state index in [-0.39, 0.29) is 58.4 Å². The zero-order valence-corrected chi connectivity index (χ0v) is 25.8. The van der Waals surface area contributed by atoms with E-state index in [9.17, 15) is 36.3 Å². The second kappa shape index (κ2) is 12.1. The zero-order chi connectivity index (χ0) is 33.8. The molecule has 0 spiro atoms. The third-order valence-corrected chi connectivity index (χ3v) is 8.99. The molecule has 4 amide bonds. The molecule has 1 saturated heterocycles. The van der Waals surface area contributed by atoms with Crippen LogP contribution in [-0.2, 0) is 19.8 Å². The Hall–Kier alpha value is -4.25. The van der Waals surface area contributed by atoms with E-state index in [4.69, 9.17) is 17.3 Å². The lowest BCUT2D eigenvalue weighted by Crippen LogP contribution is -2.57. The Morgan fingerprint density at radius 3 is 2.36 bits per heavy atom. The second-order valence-corrected chi connectivity index (χ2v) is 12.5. The Bertz CT molecular complexity index is 1710. The average molecular weight is 684 g/mol. The van der Waals surface area contributed by atoms with E-state index in [1.54, 1.807) is 9.80 Å². The monoisotopic (exact) mass is 683 g/mol. The van der Waals surface area contributed by atoms with E-state index in [2.05, 4.69) is 20.7 Å². The van der Waals surface area contributed by atoms with Crippen molar-refractivity contribution in [1.29, 1.82) is 0 Å². The van der Waals surface area contributed by atoms with Gasteiger partial charge in [0, 0.05) is 76.1 Å². The van der Waals surface area contributed by atoms with Gasteiger partial charge >= 0.3 is 12.2 Å². The standard InChI is InChI=1S/C29H31ClF5N9O3/c1-41-22(20-14-44(13-15-11-28(15,31)32)40-23(20)29(33,34)35)12-37-24(41)25(45)38-17-2-3-19(21(30)10-17)26(46)42-4-6-43(7-5-42)27(47)39-18-8-16(36)9-18/h2-3,10,12,14-16,18H,4-9,11,13,36H2,1H3,(H,38,45)(H,39,47). The predicted octanol–water partition coefficient (Wildman–Crippen LogP) is 3.82. The lowest BCUT2D eigenvalue weighted by molar-refractivity contribution is -0.141. The van der Waals surface area contributed by atoms with Gasteiger partial charge in [-0.05, 0) is 31.0 Å². The highest BCUT2D eigenvalue weighted by Crippen LogP contribution is 2.49. The third kappa shape index (κ3) is 6.76. The molecule has 12 nitrogen and oxygen atoms in total. The van der Waals surface area contributed by atoms with Crippen molar-refractivity contribution in [3.05, 3.63) is 52.7 Å². The number of anilines is 1. The molecule has 4 N–H and O–H groups in total. The number of urea groups is 1. The molecule has 2 aromatic heterocycles. The Morgan fingerprint density at radius 1 is 1.11 bits per heavy atom. The quantitative estimate of drug-likeness (QED) is 0.323. The van der Waals surface area contributed by atoms with E-state index in [1.165, 1.54) is 25.2 Å².